The lowest BCUT2D eigenvalue weighted by Crippen LogP contribution is -2.69. The van der Waals surface area contributed by atoms with Crippen LogP contribution in [-0.4, -0.2) is 76.7 Å². The molecule has 0 spiro atoms. The van der Waals surface area contributed by atoms with Crippen LogP contribution in [0.2, 0.25) is 0 Å². The standard InChI is InChI=1S/C37H40N6O5/c1-3-20-38-23-35(45)43-33(21-26-12-16-30(44)17-13-26)36(46)42(25-34(43)41-37(47)39-22-27-8-5-4-6-9-27)24-29-10-7-11-32(40-29)28-14-18-31(48-2)19-15-28/h3-19,33-34,38,44H,1,20-25H2,2H3,(H2,39,41,47). The summed E-state index contributed by atoms with van der Waals surface area (Å²) >= 11 is 0. The summed E-state index contributed by atoms with van der Waals surface area (Å²) in [6.07, 6.45) is 0.971. The van der Waals surface area contributed by atoms with E-state index in [0.717, 1.165) is 28.1 Å². The minimum Gasteiger partial charge on any atom is -0.508 e. The van der Waals surface area contributed by atoms with E-state index in [4.69, 9.17) is 9.72 Å². The first-order chi connectivity index (χ1) is 23.3. The molecule has 0 saturated carbocycles. The Balaban J connectivity index is 1.44. The summed E-state index contributed by atoms with van der Waals surface area (Å²) in [5, 5.41) is 18.7. The number of nitrogens with zero attached hydrogens (tertiary/aromatic N) is 3. The van der Waals surface area contributed by atoms with E-state index in [9.17, 15) is 19.5 Å². The van der Waals surface area contributed by atoms with Gasteiger partial charge >= 0.3 is 6.03 Å². The molecule has 4 aromatic rings. The van der Waals surface area contributed by atoms with Gasteiger partial charge in [0.1, 0.15) is 23.7 Å². The number of amides is 4. The van der Waals surface area contributed by atoms with Gasteiger partial charge in [-0.1, -0.05) is 54.6 Å². The molecule has 1 aliphatic rings. The van der Waals surface area contributed by atoms with Gasteiger partial charge in [0.15, 0.2) is 0 Å². The van der Waals surface area contributed by atoms with Gasteiger partial charge in [-0.3, -0.25) is 14.6 Å². The van der Waals surface area contributed by atoms with Crippen LogP contribution in [-0.2, 0) is 29.1 Å². The number of benzene rings is 3. The zero-order chi connectivity index (χ0) is 33.9. The molecule has 11 nitrogen and oxygen atoms in total. The van der Waals surface area contributed by atoms with E-state index in [1.54, 1.807) is 42.4 Å². The van der Waals surface area contributed by atoms with E-state index in [1.807, 2.05) is 72.8 Å². The molecule has 248 valence electrons. The molecular weight excluding hydrogens is 608 g/mol. The number of ether oxygens (including phenoxy) is 1. The summed E-state index contributed by atoms with van der Waals surface area (Å²) in [5.41, 5.74) is 3.95. The lowest BCUT2D eigenvalue weighted by molar-refractivity contribution is -0.157. The van der Waals surface area contributed by atoms with Crippen molar-refractivity contribution in [1.29, 1.82) is 0 Å². The molecule has 11 heteroatoms. The maximum atomic E-state index is 14.3. The molecule has 2 unspecified atom stereocenters. The van der Waals surface area contributed by atoms with Crippen molar-refractivity contribution in [1.82, 2.24) is 30.7 Å². The van der Waals surface area contributed by atoms with E-state index in [2.05, 4.69) is 22.5 Å². The van der Waals surface area contributed by atoms with Crippen LogP contribution in [0.4, 0.5) is 4.79 Å². The second-order valence-electron chi connectivity index (χ2n) is 11.4. The molecule has 3 aromatic carbocycles. The Bertz CT molecular complexity index is 1700. The zero-order valence-electron chi connectivity index (χ0n) is 26.8. The minimum absolute atomic E-state index is 0.0469. The Morgan fingerprint density at radius 3 is 2.44 bits per heavy atom. The number of phenols is 1. The highest BCUT2D eigenvalue weighted by Crippen LogP contribution is 2.25. The van der Waals surface area contributed by atoms with Crippen LogP contribution in [0.5, 0.6) is 11.5 Å². The number of nitrogens with one attached hydrogen (secondary N) is 3. The second kappa shape index (κ2) is 16.2. The van der Waals surface area contributed by atoms with Crippen molar-refractivity contribution in [2.75, 3.05) is 26.7 Å². The number of aromatic nitrogens is 1. The van der Waals surface area contributed by atoms with Crippen molar-refractivity contribution in [2.45, 2.75) is 31.7 Å². The van der Waals surface area contributed by atoms with Crippen LogP contribution >= 0.6 is 0 Å². The molecule has 5 rings (SSSR count). The molecule has 1 fully saturated rings. The molecule has 0 radical (unpaired) electrons. The molecule has 2 heterocycles. The molecular formula is C37H40N6O5. The van der Waals surface area contributed by atoms with Gasteiger partial charge in [-0.2, -0.15) is 0 Å². The first-order valence-electron chi connectivity index (χ1n) is 15.7. The number of rotatable bonds is 13. The van der Waals surface area contributed by atoms with Crippen LogP contribution in [0.25, 0.3) is 11.3 Å². The molecule has 0 bridgehead atoms. The Hall–Kier alpha value is -5.68. The number of carbonyl (C=O) groups excluding carboxylic acids is 3. The van der Waals surface area contributed by atoms with Gasteiger partial charge in [0.2, 0.25) is 11.8 Å². The topological polar surface area (TPSA) is 136 Å². The number of aromatic hydroxyl groups is 1. The summed E-state index contributed by atoms with van der Waals surface area (Å²) in [7, 11) is 1.61. The normalized spacial score (nSPS) is 15.9. The van der Waals surface area contributed by atoms with Gasteiger partial charge in [-0.05, 0) is 59.7 Å². The predicted molar refractivity (Wildman–Crippen MR) is 183 cm³/mol. The number of carbonyl (C=O) groups is 3. The fourth-order valence-corrected chi connectivity index (χ4v) is 5.62. The van der Waals surface area contributed by atoms with Gasteiger partial charge < -0.3 is 35.6 Å². The lowest BCUT2D eigenvalue weighted by Gasteiger charge is -2.46. The third-order valence-electron chi connectivity index (χ3n) is 8.02. The van der Waals surface area contributed by atoms with Crippen molar-refractivity contribution in [3.8, 4) is 22.8 Å². The monoisotopic (exact) mass is 648 g/mol. The van der Waals surface area contributed by atoms with E-state index >= 15 is 0 Å². The first-order valence-corrected chi connectivity index (χ1v) is 15.7. The van der Waals surface area contributed by atoms with Gasteiger partial charge in [0.25, 0.3) is 0 Å². The molecule has 2 atom stereocenters. The molecule has 4 N–H and O–H groups in total. The van der Waals surface area contributed by atoms with Crippen LogP contribution in [0.1, 0.15) is 16.8 Å². The number of piperazine rings is 1. The maximum absolute atomic E-state index is 14.3. The molecule has 1 aromatic heterocycles. The van der Waals surface area contributed by atoms with Gasteiger partial charge in [-0.15, -0.1) is 6.58 Å². The Morgan fingerprint density at radius 1 is 0.979 bits per heavy atom. The van der Waals surface area contributed by atoms with Crippen molar-refractivity contribution < 1.29 is 24.2 Å². The van der Waals surface area contributed by atoms with E-state index in [1.165, 1.54) is 4.90 Å². The van der Waals surface area contributed by atoms with E-state index in [-0.39, 0.29) is 50.2 Å². The zero-order valence-corrected chi connectivity index (χ0v) is 26.8. The van der Waals surface area contributed by atoms with Crippen molar-refractivity contribution in [3.63, 3.8) is 0 Å². The summed E-state index contributed by atoms with van der Waals surface area (Å²) in [6, 6.07) is 27.8. The van der Waals surface area contributed by atoms with Crippen molar-refractivity contribution >= 4 is 17.8 Å². The van der Waals surface area contributed by atoms with Gasteiger partial charge in [0.05, 0.1) is 38.1 Å². The van der Waals surface area contributed by atoms with Crippen molar-refractivity contribution in [3.05, 3.63) is 127 Å². The number of pyridine rings is 1. The van der Waals surface area contributed by atoms with Gasteiger partial charge in [0, 0.05) is 25.1 Å². The van der Waals surface area contributed by atoms with Crippen LogP contribution in [0.15, 0.2) is 110 Å². The van der Waals surface area contributed by atoms with Crippen molar-refractivity contribution in [2.24, 2.45) is 0 Å². The second-order valence-corrected chi connectivity index (χ2v) is 11.4. The molecule has 1 aliphatic heterocycles. The largest absolute Gasteiger partial charge is 0.508 e. The number of hydrogen-bond acceptors (Lipinski definition) is 7. The Kier molecular flexibility index (Phi) is 11.4. The van der Waals surface area contributed by atoms with Crippen LogP contribution in [0.3, 0.4) is 0 Å². The third-order valence-corrected chi connectivity index (χ3v) is 8.02. The molecule has 48 heavy (non-hydrogen) atoms. The molecule has 0 aliphatic carbocycles. The van der Waals surface area contributed by atoms with E-state index in [0.29, 0.717) is 12.2 Å². The number of phenolic OH excluding ortho intramolecular Hbond substituents is 1. The Labute approximate surface area is 280 Å². The average Bonchev–Trinajstić information content (AvgIpc) is 3.11. The summed E-state index contributed by atoms with van der Waals surface area (Å²) in [5.74, 6) is 0.203. The highest BCUT2D eigenvalue weighted by molar-refractivity contribution is 5.91. The third kappa shape index (κ3) is 8.77. The Morgan fingerprint density at radius 2 is 1.73 bits per heavy atom. The summed E-state index contributed by atoms with van der Waals surface area (Å²) in [6.45, 7) is 4.54. The SMILES string of the molecule is C=CCNCC(=O)N1C(NC(=O)NCc2ccccc2)CN(Cc2cccc(-c3ccc(OC)cc3)n2)C(=O)C1Cc1ccc(O)cc1. The van der Waals surface area contributed by atoms with Gasteiger partial charge in [-0.25, -0.2) is 4.79 Å². The van der Waals surface area contributed by atoms with E-state index < -0.39 is 18.2 Å². The number of hydrogen-bond donors (Lipinski definition) is 4. The lowest BCUT2D eigenvalue weighted by atomic mass is 9.99. The van der Waals surface area contributed by atoms with Crippen LogP contribution in [0, 0.1) is 0 Å². The quantitative estimate of drug-likeness (QED) is 0.128. The number of methoxy groups -OCH3 is 1. The fraction of sp³-hybridized carbons (Fsp3) is 0.243. The predicted octanol–water partition coefficient (Wildman–Crippen LogP) is 3.85. The maximum Gasteiger partial charge on any atom is 0.316 e. The highest BCUT2D eigenvalue weighted by Gasteiger charge is 2.43. The average molecular weight is 649 g/mol. The number of urea groups is 1. The first kappa shape index (κ1) is 33.7. The minimum atomic E-state index is -0.939. The van der Waals surface area contributed by atoms with Crippen LogP contribution < -0.4 is 20.7 Å². The molecule has 4 amide bonds. The molecule has 1 saturated heterocycles. The highest BCUT2D eigenvalue weighted by atomic mass is 16.5. The summed E-state index contributed by atoms with van der Waals surface area (Å²) in [4.78, 5) is 49.3. The smallest absolute Gasteiger partial charge is 0.316 e. The fourth-order valence-electron chi connectivity index (χ4n) is 5.62. The summed E-state index contributed by atoms with van der Waals surface area (Å²) < 4.78 is 5.28.